The number of ether oxygens (including phenoxy) is 1. The number of rotatable bonds is 3. The Hall–Kier alpha value is -1.83. The van der Waals surface area contributed by atoms with Crippen LogP contribution in [0.5, 0.6) is 11.5 Å². The number of carboxylic acid groups (broad SMARTS) is 1. The van der Waals surface area contributed by atoms with Gasteiger partial charge in [-0.15, -0.1) is 0 Å². The molecule has 0 bridgehead atoms. The second kappa shape index (κ2) is 5.21. The molecule has 0 fully saturated rings. The Morgan fingerprint density at radius 1 is 1.33 bits per heavy atom. The lowest BCUT2D eigenvalue weighted by molar-refractivity contribution is 0.0694. The van der Waals surface area contributed by atoms with E-state index >= 15 is 0 Å². The Labute approximate surface area is 117 Å². The first-order valence-corrected chi connectivity index (χ1v) is 6.07. The zero-order valence-electron chi connectivity index (χ0n) is 9.13. The van der Waals surface area contributed by atoms with Crippen LogP contribution in [-0.4, -0.2) is 16.1 Å². The molecule has 0 amide bonds. The molecule has 2 aromatic rings. The van der Waals surface area contributed by atoms with Gasteiger partial charge in [0.15, 0.2) is 5.75 Å². The molecule has 3 N–H and O–H groups in total. The number of nitrogen functional groups attached to an aromatic ring is 1. The van der Waals surface area contributed by atoms with E-state index in [0.717, 1.165) is 3.57 Å². The lowest BCUT2D eigenvalue weighted by Crippen LogP contribution is -2.03. The lowest BCUT2D eigenvalue weighted by Gasteiger charge is -2.09. The van der Waals surface area contributed by atoms with Gasteiger partial charge in [0, 0.05) is 0 Å². The number of anilines is 1. The fourth-order valence-corrected chi connectivity index (χ4v) is 1.85. The molecule has 0 atom stereocenters. The summed E-state index contributed by atoms with van der Waals surface area (Å²) in [6, 6.07) is 8.56. The number of pyridine rings is 1. The maximum Gasteiger partial charge on any atom is 0.339 e. The Morgan fingerprint density at radius 2 is 2.06 bits per heavy atom. The van der Waals surface area contributed by atoms with Crippen molar-refractivity contribution in [3.63, 3.8) is 0 Å². The van der Waals surface area contributed by atoms with E-state index in [1.54, 1.807) is 6.07 Å². The van der Waals surface area contributed by atoms with Crippen molar-refractivity contribution < 1.29 is 14.6 Å². The van der Waals surface area contributed by atoms with Gasteiger partial charge in [-0.3, -0.25) is 0 Å². The zero-order chi connectivity index (χ0) is 13.1. The summed E-state index contributed by atoms with van der Waals surface area (Å²) in [6.07, 6.45) is 1.31. The molecule has 0 aliphatic rings. The van der Waals surface area contributed by atoms with Crippen molar-refractivity contribution in [1.29, 1.82) is 0 Å². The summed E-state index contributed by atoms with van der Waals surface area (Å²) in [6.45, 7) is 0. The second-order valence-electron chi connectivity index (χ2n) is 3.44. The maximum absolute atomic E-state index is 11.1. The standard InChI is InChI=1S/C12H9IN2O3/c13-8-3-1-2-4-9(8)18-10-6-15-11(14)5-7(10)12(16)17/h1-6H,(H2,14,15)(H,16,17). The molecule has 0 saturated carbocycles. The highest BCUT2D eigenvalue weighted by molar-refractivity contribution is 14.1. The summed E-state index contributed by atoms with van der Waals surface area (Å²) in [4.78, 5) is 14.9. The van der Waals surface area contributed by atoms with E-state index in [2.05, 4.69) is 27.6 Å². The van der Waals surface area contributed by atoms with Gasteiger partial charge in [-0.2, -0.15) is 0 Å². The number of nitrogens with two attached hydrogens (primary N) is 1. The molecule has 5 nitrogen and oxygen atoms in total. The van der Waals surface area contributed by atoms with Crippen molar-refractivity contribution in [1.82, 2.24) is 4.98 Å². The SMILES string of the molecule is Nc1cc(C(=O)O)c(Oc2ccccc2I)cn1. The van der Waals surface area contributed by atoms with Gasteiger partial charge in [-0.05, 0) is 40.8 Å². The zero-order valence-corrected chi connectivity index (χ0v) is 11.3. The van der Waals surface area contributed by atoms with Gasteiger partial charge in [-0.1, -0.05) is 12.1 Å². The molecule has 2 rings (SSSR count). The lowest BCUT2D eigenvalue weighted by atomic mass is 10.2. The summed E-state index contributed by atoms with van der Waals surface area (Å²) in [5, 5.41) is 9.07. The van der Waals surface area contributed by atoms with E-state index < -0.39 is 5.97 Å². The molecule has 0 spiro atoms. The normalized spacial score (nSPS) is 10.1. The number of hydrogen-bond acceptors (Lipinski definition) is 4. The topological polar surface area (TPSA) is 85.4 Å². The summed E-state index contributed by atoms with van der Waals surface area (Å²) in [5.41, 5.74) is 5.45. The van der Waals surface area contributed by atoms with Crippen LogP contribution in [0.2, 0.25) is 0 Å². The quantitative estimate of drug-likeness (QED) is 0.826. The van der Waals surface area contributed by atoms with Gasteiger partial charge >= 0.3 is 5.97 Å². The number of halogens is 1. The molecule has 92 valence electrons. The molecule has 1 heterocycles. The molecule has 6 heteroatoms. The van der Waals surface area contributed by atoms with E-state index in [0.29, 0.717) is 5.75 Å². The summed E-state index contributed by atoms with van der Waals surface area (Å²) >= 11 is 2.11. The number of benzene rings is 1. The van der Waals surface area contributed by atoms with Crippen LogP contribution in [0.25, 0.3) is 0 Å². The predicted octanol–water partition coefficient (Wildman–Crippen LogP) is 2.76. The van der Waals surface area contributed by atoms with Crippen LogP contribution in [0.3, 0.4) is 0 Å². The van der Waals surface area contributed by atoms with Gasteiger partial charge in [0.2, 0.25) is 0 Å². The molecule has 0 radical (unpaired) electrons. The second-order valence-corrected chi connectivity index (χ2v) is 4.61. The highest BCUT2D eigenvalue weighted by Gasteiger charge is 2.14. The number of para-hydroxylation sites is 1. The molecule has 0 aliphatic carbocycles. The molecule has 18 heavy (non-hydrogen) atoms. The van der Waals surface area contributed by atoms with E-state index in [-0.39, 0.29) is 17.1 Å². The molecule has 0 aliphatic heterocycles. The molecular formula is C12H9IN2O3. The minimum absolute atomic E-state index is 0.0119. The Kier molecular flexibility index (Phi) is 3.66. The fourth-order valence-electron chi connectivity index (χ4n) is 1.35. The number of hydrogen-bond donors (Lipinski definition) is 2. The third-order valence-electron chi connectivity index (χ3n) is 2.18. The van der Waals surface area contributed by atoms with Crippen LogP contribution in [0.15, 0.2) is 36.5 Å². The average molecular weight is 356 g/mol. The van der Waals surface area contributed by atoms with Crippen molar-refractivity contribution in [2.24, 2.45) is 0 Å². The highest BCUT2D eigenvalue weighted by Crippen LogP contribution is 2.29. The first kappa shape index (κ1) is 12.6. The molecule has 0 saturated heterocycles. The average Bonchev–Trinajstić information content (AvgIpc) is 2.34. The summed E-state index contributed by atoms with van der Waals surface area (Å²) < 4.78 is 6.43. The van der Waals surface area contributed by atoms with Crippen molar-refractivity contribution in [3.8, 4) is 11.5 Å². The summed E-state index contributed by atoms with van der Waals surface area (Å²) in [5.74, 6) is -0.222. The van der Waals surface area contributed by atoms with Gasteiger partial charge in [-0.25, -0.2) is 9.78 Å². The molecular weight excluding hydrogens is 347 g/mol. The number of carbonyl (C=O) groups is 1. The predicted molar refractivity (Wildman–Crippen MR) is 74.8 cm³/mol. The van der Waals surface area contributed by atoms with Crippen LogP contribution in [0.4, 0.5) is 5.82 Å². The summed E-state index contributed by atoms with van der Waals surface area (Å²) in [7, 11) is 0. The largest absolute Gasteiger partial charge is 0.478 e. The van der Waals surface area contributed by atoms with E-state index in [4.69, 9.17) is 15.6 Å². The van der Waals surface area contributed by atoms with Crippen LogP contribution in [0.1, 0.15) is 10.4 Å². The molecule has 0 unspecified atom stereocenters. The van der Waals surface area contributed by atoms with Crippen molar-refractivity contribution in [3.05, 3.63) is 45.7 Å². The van der Waals surface area contributed by atoms with Gasteiger partial charge in [0.1, 0.15) is 17.1 Å². The van der Waals surface area contributed by atoms with Crippen LogP contribution < -0.4 is 10.5 Å². The first-order chi connectivity index (χ1) is 8.58. The van der Waals surface area contributed by atoms with E-state index in [1.807, 2.05) is 18.2 Å². The van der Waals surface area contributed by atoms with Crippen LogP contribution in [0, 0.1) is 3.57 Å². The number of aromatic carboxylic acids is 1. The third-order valence-corrected chi connectivity index (χ3v) is 3.07. The number of nitrogens with zero attached hydrogens (tertiary/aromatic N) is 1. The van der Waals surface area contributed by atoms with Gasteiger partial charge < -0.3 is 15.6 Å². The van der Waals surface area contributed by atoms with Crippen molar-refractivity contribution in [2.45, 2.75) is 0 Å². The van der Waals surface area contributed by atoms with Crippen LogP contribution in [-0.2, 0) is 0 Å². The number of aromatic nitrogens is 1. The Morgan fingerprint density at radius 3 is 2.72 bits per heavy atom. The van der Waals surface area contributed by atoms with Crippen LogP contribution >= 0.6 is 22.6 Å². The minimum Gasteiger partial charge on any atom is -0.478 e. The molecule has 1 aromatic heterocycles. The van der Waals surface area contributed by atoms with Crippen molar-refractivity contribution >= 4 is 34.4 Å². The monoisotopic (exact) mass is 356 g/mol. The maximum atomic E-state index is 11.1. The third kappa shape index (κ3) is 2.70. The van der Waals surface area contributed by atoms with E-state index in [9.17, 15) is 4.79 Å². The Balaban J connectivity index is 2.41. The smallest absolute Gasteiger partial charge is 0.339 e. The fraction of sp³-hybridized carbons (Fsp3) is 0. The minimum atomic E-state index is -1.11. The number of carboxylic acids is 1. The van der Waals surface area contributed by atoms with Gasteiger partial charge in [0.05, 0.1) is 9.77 Å². The van der Waals surface area contributed by atoms with E-state index in [1.165, 1.54) is 12.3 Å². The first-order valence-electron chi connectivity index (χ1n) is 4.99. The molecule has 1 aromatic carbocycles. The van der Waals surface area contributed by atoms with Crippen molar-refractivity contribution in [2.75, 3.05) is 5.73 Å². The highest BCUT2D eigenvalue weighted by atomic mass is 127. The Bertz CT molecular complexity index is 602. The van der Waals surface area contributed by atoms with Gasteiger partial charge in [0.25, 0.3) is 0 Å².